The van der Waals surface area contributed by atoms with Crippen molar-refractivity contribution >= 4 is 7.82 Å². The minimum Gasteiger partial charge on any atom is -0.822 e. The Morgan fingerprint density at radius 2 is 1.00 bits per heavy atom. The van der Waals surface area contributed by atoms with Gasteiger partial charge in [0.25, 0.3) is 0 Å². The Bertz CT molecular complexity index is 116. The molecule has 0 heterocycles. The third-order valence-electron chi connectivity index (χ3n) is 0. The molecule has 0 amide bonds. The van der Waals surface area contributed by atoms with Crippen LogP contribution in [0.2, 0.25) is 0 Å². The Morgan fingerprint density at radius 3 is 1.00 bits per heavy atom. The van der Waals surface area contributed by atoms with Gasteiger partial charge >= 0.3 is 39.0 Å². The van der Waals surface area contributed by atoms with E-state index in [1.807, 2.05) is 0 Å². The molecule has 0 saturated carbocycles. The summed E-state index contributed by atoms with van der Waals surface area (Å²) in [5.41, 5.74) is 0. The fourth-order valence-electron chi connectivity index (χ4n) is 0. The van der Waals surface area contributed by atoms with Crippen LogP contribution >= 0.6 is 7.82 Å². The van der Waals surface area contributed by atoms with Crippen molar-refractivity contribution in [2.24, 2.45) is 0 Å². The molecule has 0 rings (SSSR count). The van der Waals surface area contributed by atoms with Crippen LogP contribution in [0.1, 0.15) is 0 Å². The monoisotopic (exact) mass is 285 g/mol. The van der Waals surface area contributed by atoms with E-state index in [0.717, 1.165) is 0 Å². The Morgan fingerprint density at radius 1 is 1.00 bits per heavy atom. The zero-order valence-electron chi connectivity index (χ0n) is 5.17. The van der Waals surface area contributed by atoms with Gasteiger partial charge in [-0.05, 0) is 0 Å². The second-order valence-electron chi connectivity index (χ2n) is 0.671. The maximum absolute atomic E-state index is 8.55. The molecule has 0 N–H and O–H groups in total. The summed E-state index contributed by atoms with van der Waals surface area (Å²) in [4.78, 5) is 33.9. The summed E-state index contributed by atoms with van der Waals surface area (Å²) in [7, 11) is -5.39. The van der Waals surface area contributed by atoms with Crippen molar-refractivity contribution < 1.29 is 63.3 Å². The summed E-state index contributed by atoms with van der Waals surface area (Å²) in [6.45, 7) is 0. The normalized spacial score (nSPS) is 7.55. The van der Waals surface area contributed by atoms with Gasteiger partial charge < -0.3 is 34.6 Å². The van der Waals surface area contributed by atoms with Gasteiger partial charge in [0.05, 0.1) is 5.09 Å². The van der Waals surface area contributed by atoms with Gasteiger partial charge in [-0.3, -0.25) is 0 Å². The van der Waals surface area contributed by atoms with Crippen LogP contribution in [0.5, 0.6) is 0 Å². The summed E-state index contributed by atoms with van der Waals surface area (Å²) < 4.78 is 8.55. The molecule has 0 saturated heterocycles. The summed E-state index contributed by atoms with van der Waals surface area (Å²) >= 11 is 0. The minimum atomic E-state index is -5.39. The number of rotatable bonds is 0. The van der Waals surface area contributed by atoms with Crippen LogP contribution in [-0.2, 0) is 43.5 Å². The Hall–Kier alpha value is 0.557. The molecular formula is NO7PZn2. The van der Waals surface area contributed by atoms with E-state index in [4.69, 9.17) is 34.6 Å². The second kappa shape index (κ2) is 10.6. The van der Waals surface area contributed by atoms with Crippen molar-refractivity contribution in [3.05, 3.63) is 15.3 Å². The first kappa shape index (κ1) is 22.6. The molecule has 0 bridgehead atoms. The van der Waals surface area contributed by atoms with Gasteiger partial charge in [0.15, 0.2) is 0 Å². The van der Waals surface area contributed by atoms with E-state index in [-0.39, 0.29) is 39.0 Å². The average Bonchev–Trinajstić information content (AvgIpc) is 1.19. The van der Waals surface area contributed by atoms with Crippen molar-refractivity contribution in [2.45, 2.75) is 0 Å². The number of hydrogen-bond acceptors (Lipinski definition) is 7. The molecular weight excluding hydrogens is 288 g/mol. The molecule has 0 aliphatic rings. The van der Waals surface area contributed by atoms with Crippen LogP contribution < -0.4 is 14.7 Å². The number of nitrogens with zero attached hydrogens (tertiary/aromatic N) is 1. The van der Waals surface area contributed by atoms with Crippen LogP contribution in [0, 0.1) is 15.3 Å². The van der Waals surface area contributed by atoms with Crippen molar-refractivity contribution in [1.82, 2.24) is 0 Å². The molecule has 11 heavy (non-hydrogen) atoms. The predicted molar refractivity (Wildman–Crippen MR) is 18.0 cm³/mol. The van der Waals surface area contributed by atoms with Crippen molar-refractivity contribution in [2.75, 3.05) is 0 Å². The molecule has 0 radical (unpaired) electrons. The first-order valence-electron chi connectivity index (χ1n) is 1.28. The summed E-state index contributed by atoms with van der Waals surface area (Å²) in [5.74, 6) is 0. The topological polar surface area (TPSA) is 152 Å². The molecule has 0 aromatic heterocycles. The van der Waals surface area contributed by atoms with Crippen LogP contribution in [-0.4, -0.2) is 5.09 Å². The number of hydrogen-bond donors (Lipinski definition) is 0. The summed E-state index contributed by atoms with van der Waals surface area (Å²) in [6, 6.07) is 0. The van der Waals surface area contributed by atoms with Crippen molar-refractivity contribution in [3.8, 4) is 0 Å². The molecule has 0 spiro atoms. The van der Waals surface area contributed by atoms with Gasteiger partial charge in [-0.1, -0.05) is 0 Å². The van der Waals surface area contributed by atoms with E-state index in [1.54, 1.807) is 0 Å². The van der Waals surface area contributed by atoms with E-state index >= 15 is 0 Å². The maximum Gasteiger partial charge on any atom is 2.00 e. The van der Waals surface area contributed by atoms with Crippen molar-refractivity contribution in [1.29, 1.82) is 0 Å². The van der Waals surface area contributed by atoms with E-state index in [9.17, 15) is 0 Å². The Kier molecular flexibility index (Phi) is 21.6. The van der Waals surface area contributed by atoms with E-state index in [0.29, 0.717) is 0 Å². The first-order chi connectivity index (χ1) is 3.73. The molecule has 8 nitrogen and oxygen atoms in total. The van der Waals surface area contributed by atoms with Gasteiger partial charge in [-0.15, -0.1) is 0 Å². The standard InChI is InChI=1S/NO3.H3O4P.2Zn/c2-1(3)4;1-5(2,3)4;;/h;(H3,1,2,3,4);;/q-1;;2*+2/p-3. The third kappa shape index (κ3) is 2490. The average molecular weight is 288 g/mol. The zero-order valence-corrected chi connectivity index (χ0v) is 12.0. The predicted octanol–water partition coefficient (Wildman–Crippen LogP) is -3.07. The summed E-state index contributed by atoms with van der Waals surface area (Å²) in [5, 5.41) is 14.8. The van der Waals surface area contributed by atoms with Gasteiger partial charge in [-0.25, -0.2) is 0 Å². The molecule has 0 fully saturated rings. The maximum atomic E-state index is 8.55. The SMILES string of the molecule is O=P([O-])([O-])[O-].O=[N+]([O-])[O-].[Zn+2].[Zn+2]. The fourth-order valence-corrected chi connectivity index (χ4v) is 0. The molecule has 0 aromatic rings. The minimum absolute atomic E-state index is 0. The van der Waals surface area contributed by atoms with Gasteiger partial charge in [0.1, 0.15) is 0 Å². The van der Waals surface area contributed by atoms with Gasteiger partial charge in [0.2, 0.25) is 0 Å². The third-order valence-corrected chi connectivity index (χ3v) is 0. The van der Waals surface area contributed by atoms with Gasteiger partial charge in [-0.2, -0.15) is 7.82 Å². The van der Waals surface area contributed by atoms with E-state index in [2.05, 4.69) is 0 Å². The molecule has 0 aliphatic heterocycles. The van der Waals surface area contributed by atoms with E-state index in [1.165, 1.54) is 0 Å². The van der Waals surface area contributed by atoms with Crippen LogP contribution in [0.15, 0.2) is 0 Å². The summed E-state index contributed by atoms with van der Waals surface area (Å²) in [6.07, 6.45) is 0. The second-order valence-corrected chi connectivity index (χ2v) is 1.57. The molecule has 0 aromatic carbocycles. The van der Waals surface area contributed by atoms with E-state index < -0.39 is 12.9 Å². The van der Waals surface area contributed by atoms with Crippen LogP contribution in [0.25, 0.3) is 0 Å². The molecule has 0 atom stereocenters. The molecule has 11 heteroatoms. The van der Waals surface area contributed by atoms with Crippen LogP contribution in [0.4, 0.5) is 0 Å². The van der Waals surface area contributed by atoms with Crippen LogP contribution in [0.3, 0.4) is 0 Å². The first-order valence-corrected chi connectivity index (χ1v) is 2.74. The fraction of sp³-hybridized carbons (Fsp3) is 0. The Balaban J connectivity index is -0.0000000383. The largest absolute Gasteiger partial charge is 2.00 e. The Labute approximate surface area is 86.5 Å². The molecule has 0 aliphatic carbocycles. The quantitative estimate of drug-likeness (QED) is 0.198. The zero-order chi connectivity index (χ0) is 8.08. The van der Waals surface area contributed by atoms with Gasteiger partial charge in [0, 0.05) is 0 Å². The van der Waals surface area contributed by atoms with Crippen molar-refractivity contribution in [3.63, 3.8) is 0 Å². The molecule has 56 valence electrons. The smallest absolute Gasteiger partial charge is 0.822 e. The molecule has 0 unspecified atom stereocenters. The number of phosphoric acid groups is 1.